The highest BCUT2D eigenvalue weighted by Gasteiger charge is 2.35. The first-order valence-corrected chi connectivity index (χ1v) is 12.5. The summed E-state index contributed by atoms with van der Waals surface area (Å²) in [7, 11) is 0. The Morgan fingerprint density at radius 1 is 1.18 bits per heavy atom. The van der Waals surface area contributed by atoms with Gasteiger partial charge in [0.05, 0.1) is 18.8 Å². The van der Waals surface area contributed by atoms with Crippen LogP contribution in [0.4, 0.5) is 11.6 Å². The maximum Gasteiger partial charge on any atom is 0.255 e. The van der Waals surface area contributed by atoms with Gasteiger partial charge in [-0.15, -0.1) is 5.10 Å². The van der Waals surface area contributed by atoms with E-state index in [9.17, 15) is 4.79 Å². The average Bonchev–Trinajstić information content (AvgIpc) is 3.08. The zero-order valence-electron chi connectivity index (χ0n) is 19.0. The van der Waals surface area contributed by atoms with Crippen molar-refractivity contribution in [3.8, 4) is 11.5 Å². The molecule has 0 saturated carbocycles. The fourth-order valence-electron chi connectivity index (χ4n) is 4.04. The molecule has 1 aromatic heterocycles. The van der Waals surface area contributed by atoms with E-state index < -0.39 is 6.04 Å². The lowest BCUT2D eigenvalue weighted by molar-refractivity contribution is -0.113. The number of carbonyl (C=O) groups is 1. The maximum atomic E-state index is 13.6. The molecule has 0 spiro atoms. The van der Waals surface area contributed by atoms with Crippen LogP contribution in [0, 0.1) is 6.92 Å². The summed E-state index contributed by atoms with van der Waals surface area (Å²) in [4.78, 5) is 18.2. The molecule has 2 aliphatic rings. The first-order valence-electron chi connectivity index (χ1n) is 10.9. The molecule has 8 nitrogen and oxygen atoms in total. The van der Waals surface area contributed by atoms with Gasteiger partial charge in [0.1, 0.15) is 6.04 Å². The van der Waals surface area contributed by atoms with E-state index in [1.165, 1.54) is 11.8 Å². The number of thioether (sulfide) groups is 1. The second kappa shape index (κ2) is 9.23. The fourth-order valence-corrected chi connectivity index (χ4v) is 4.57. The molecule has 5 rings (SSSR count). The molecule has 0 fully saturated rings. The highest BCUT2D eigenvalue weighted by molar-refractivity contribution is 7.98. The number of fused-ring (bicyclic) bond motifs is 2. The largest absolute Gasteiger partial charge is 0.490 e. The Kier molecular flexibility index (Phi) is 6.14. The number of rotatable bonds is 4. The van der Waals surface area contributed by atoms with Crippen LogP contribution >= 0.6 is 23.4 Å². The number of nitrogens with zero attached hydrogens (tertiary/aromatic N) is 3. The molecular weight excluding hydrogens is 474 g/mol. The Labute approximate surface area is 206 Å². The number of benzene rings is 2. The summed E-state index contributed by atoms with van der Waals surface area (Å²) in [5, 5.41) is 12.1. The molecule has 34 heavy (non-hydrogen) atoms. The second-order valence-electron chi connectivity index (χ2n) is 8.11. The topological polar surface area (TPSA) is 90.3 Å². The molecule has 0 aliphatic carbocycles. The standard InChI is InChI=1S/C24H24ClN5O3S/c1-13-5-7-16(12-17(13)25)27-22(31)20-14(2)26-23-28-24(34-3)29-30(23)21(20)15-6-8-18-19(11-15)33-10-4-9-32-18/h5-8,11-12,21H,4,9-10H2,1-3H3,(H,27,31)(H,26,28,29). The summed E-state index contributed by atoms with van der Waals surface area (Å²) in [5.41, 5.74) is 3.62. The van der Waals surface area contributed by atoms with Crippen molar-refractivity contribution < 1.29 is 14.3 Å². The summed E-state index contributed by atoms with van der Waals surface area (Å²) in [5.74, 6) is 1.67. The number of anilines is 2. The van der Waals surface area contributed by atoms with Gasteiger partial charge in [-0.05, 0) is 55.5 Å². The SMILES string of the molecule is CSc1nc2n(n1)C(c1ccc3c(c1)OCCCO3)C(C(=O)Nc1ccc(C)c(Cl)c1)=C(C)N2. The van der Waals surface area contributed by atoms with Crippen LogP contribution in [-0.2, 0) is 4.79 Å². The maximum absolute atomic E-state index is 13.6. The predicted molar refractivity (Wildman–Crippen MR) is 133 cm³/mol. The highest BCUT2D eigenvalue weighted by atomic mass is 35.5. The first kappa shape index (κ1) is 22.6. The second-order valence-corrected chi connectivity index (χ2v) is 9.29. The molecular formula is C24H24ClN5O3S. The van der Waals surface area contributed by atoms with Crippen molar-refractivity contribution in [2.24, 2.45) is 0 Å². The van der Waals surface area contributed by atoms with E-state index in [1.54, 1.807) is 10.7 Å². The van der Waals surface area contributed by atoms with E-state index in [2.05, 4.69) is 20.7 Å². The van der Waals surface area contributed by atoms with Crippen molar-refractivity contribution in [3.63, 3.8) is 0 Å². The third-order valence-corrected chi connectivity index (χ3v) is 6.72. The third-order valence-electron chi connectivity index (χ3n) is 5.78. The minimum atomic E-state index is -0.511. The quantitative estimate of drug-likeness (QED) is 0.487. The molecule has 1 amide bonds. The zero-order valence-corrected chi connectivity index (χ0v) is 20.6. The summed E-state index contributed by atoms with van der Waals surface area (Å²) in [6.45, 7) is 4.96. The van der Waals surface area contributed by atoms with Gasteiger partial charge in [0.25, 0.3) is 5.91 Å². The van der Waals surface area contributed by atoms with Crippen molar-refractivity contribution in [1.82, 2.24) is 14.8 Å². The smallest absolute Gasteiger partial charge is 0.255 e. The van der Waals surface area contributed by atoms with Crippen LogP contribution in [0.5, 0.6) is 11.5 Å². The molecule has 0 radical (unpaired) electrons. The third kappa shape index (κ3) is 4.21. The monoisotopic (exact) mass is 497 g/mol. The first-order chi connectivity index (χ1) is 16.4. The molecule has 1 unspecified atom stereocenters. The Bertz CT molecular complexity index is 1310. The van der Waals surface area contributed by atoms with E-state index in [4.69, 9.17) is 21.1 Å². The molecule has 0 bridgehead atoms. The molecule has 176 valence electrons. The summed E-state index contributed by atoms with van der Waals surface area (Å²) in [6, 6.07) is 10.7. The normalized spacial score (nSPS) is 17.0. The Morgan fingerprint density at radius 2 is 1.97 bits per heavy atom. The van der Waals surface area contributed by atoms with Crippen LogP contribution in [0.1, 0.15) is 30.5 Å². The number of hydrogen-bond acceptors (Lipinski definition) is 7. The van der Waals surface area contributed by atoms with Crippen LogP contribution < -0.4 is 20.1 Å². The predicted octanol–water partition coefficient (Wildman–Crippen LogP) is 5.05. The van der Waals surface area contributed by atoms with E-state index in [1.807, 2.05) is 50.4 Å². The Morgan fingerprint density at radius 3 is 2.74 bits per heavy atom. The number of amides is 1. The van der Waals surface area contributed by atoms with E-state index in [-0.39, 0.29) is 5.91 Å². The van der Waals surface area contributed by atoms with Gasteiger partial charge in [0, 0.05) is 22.8 Å². The van der Waals surface area contributed by atoms with Gasteiger partial charge in [-0.25, -0.2) is 4.68 Å². The minimum Gasteiger partial charge on any atom is -0.490 e. The van der Waals surface area contributed by atoms with Crippen molar-refractivity contribution in [2.45, 2.75) is 31.5 Å². The highest BCUT2D eigenvalue weighted by Crippen LogP contribution is 2.40. The molecule has 0 saturated heterocycles. The number of nitrogens with one attached hydrogen (secondary N) is 2. The Balaban J connectivity index is 1.58. The molecule has 2 N–H and O–H groups in total. The van der Waals surface area contributed by atoms with Gasteiger partial charge in [-0.1, -0.05) is 35.5 Å². The number of aryl methyl sites for hydroxylation is 1. The molecule has 10 heteroatoms. The number of aromatic nitrogens is 3. The van der Waals surface area contributed by atoms with Crippen LogP contribution in [0.2, 0.25) is 5.02 Å². The van der Waals surface area contributed by atoms with Crippen LogP contribution in [0.25, 0.3) is 0 Å². The van der Waals surface area contributed by atoms with Crippen molar-refractivity contribution in [3.05, 3.63) is 63.8 Å². The lowest BCUT2D eigenvalue weighted by atomic mass is 9.94. The van der Waals surface area contributed by atoms with E-state index >= 15 is 0 Å². The molecule has 3 aromatic rings. The molecule has 1 atom stereocenters. The minimum absolute atomic E-state index is 0.256. The fraction of sp³-hybridized carbons (Fsp3) is 0.292. The van der Waals surface area contributed by atoms with Gasteiger partial charge in [0.2, 0.25) is 11.1 Å². The van der Waals surface area contributed by atoms with Gasteiger partial charge in [0.15, 0.2) is 11.5 Å². The van der Waals surface area contributed by atoms with Gasteiger partial charge in [-0.2, -0.15) is 4.98 Å². The zero-order chi connectivity index (χ0) is 23.8. The molecule has 3 heterocycles. The van der Waals surface area contributed by atoms with Crippen LogP contribution in [-0.4, -0.2) is 40.1 Å². The van der Waals surface area contributed by atoms with Gasteiger partial charge < -0.3 is 20.1 Å². The number of allylic oxidation sites excluding steroid dienone is 1. The Hall–Kier alpha value is -3.17. The van der Waals surface area contributed by atoms with Crippen LogP contribution in [0.3, 0.4) is 0 Å². The van der Waals surface area contributed by atoms with Crippen molar-refractivity contribution in [2.75, 3.05) is 30.1 Å². The summed E-state index contributed by atoms with van der Waals surface area (Å²) in [6.07, 6.45) is 2.73. The van der Waals surface area contributed by atoms with Crippen LogP contribution in [0.15, 0.2) is 52.8 Å². The van der Waals surface area contributed by atoms with Crippen molar-refractivity contribution >= 4 is 40.9 Å². The van der Waals surface area contributed by atoms with E-state index in [0.29, 0.717) is 57.8 Å². The lowest BCUT2D eigenvalue weighted by Crippen LogP contribution is -2.31. The van der Waals surface area contributed by atoms with Crippen molar-refractivity contribution in [1.29, 1.82) is 0 Å². The number of hydrogen-bond donors (Lipinski definition) is 2. The summed E-state index contributed by atoms with van der Waals surface area (Å²) >= 11 is 7.72. The molecule has 2 aromatic carbocycles. The van der Waals surface area contributed by atoms with Gasteiger partial charge in [-0.3, -0.25) is 4.79 Å². The number of ether oxygens (including phenoxy) is 2. The van der Waals surface area contributed by atoms with Gasteiger partial charge >= 0.3 is 0 Å². The van der Waals surface area contributed by atoms with E-state index in [0.717, 1.165) is 17.5 Å². The lowest BCUT2D eigenvalue weighted by Gasteiger charge is -2.29. The summed E-state index contributed by atoms with van der Waals surface area (Å²) < 4.78 is 13.5. The average molecular weight is 498 g/mol. The number of halogens is 1. The molecule has 2 aliphatic heterocycles. The number of carbonyl (C=O) groups excluding carboxylic acids is 1.